The predicted molar refractivity (Wildman–Crippen MR) is 38.7 cm³/mol. The van der Waals surface area contributed by atoms with Gasteiger partial charge < -0.3 is 0 Å². The molecule has 0 fully saturated rings. The van der Waals surface area contributed by atoms with Crippen LogP contribution in [0, 0.1) is 13.8 Å². The lowest BCUT2D eigenvalue weighted by atomic mass is 10.2. The Balaban J connectivity index is 3.25. The number of hydrogen-bond acceptors (Lipinski definition) is 1. The highest BCUT2D eigenvalue weighted by Gasteiger charge is 1.95. The van der Waals surface area contributed by atoms with Gasteiger partial charge in [-0.1, -0.05) is 11.6 Å². The van der Waals surface area contributed by atoms with Gasteiger partial charge >= 0.3 is 0 Å². The second kappa shape index (κ2) is 2.36. The summed E-state index contributed by atoms with van der Waals surface area (Å²) in [5, 5.41) is 0.606. The van der Waals surface area contributed by atoms with Crippen molar-refractivity contribution in [2.24, 2.45) is 0 Å². The van der Waals surface area contributed by atoms with Crippen LogP contribution in [0.4, 0.5) is 0 Å². The summed E-state index contributed by atoms with van der Waals surface area (Å²) in [6.07, 6.45) is 1.71. The maximum atomic E-state index is 5.70. The minimum atomic E-state index is 0.606. The van der Waals surface area contributed by atoms with Crippen molar-refractivity contribution in [3.63, 3.8) is 0 Å². The van der Waals surface area contributed by atoms with Crippen molar-refractivity contribution in [2.75, 3.05) is 0 Å². The van der Waals surface area contributed by atoms with Crippen molar-refractivity contribution in [3.05, 3.63) is 28.5 Å². The summed E-state index contributed by atoms with van der Waals surface area (Å²) in [5.41, 5.74) is 2.26. The van der Waals surface area contributed by atoms with Gasteiger partial charge in [0.05, 0.1) is 0 Å². The van der Waals surface area contributed by atoms with Gasteiger partial charge in [0.15, 0.2) is 0 Å². The van der Waals surface area contributed by atoms with Gasteiger partial charge in [0, 0.05) is 6.20 Å². The summed E-state index contributed by atoms with van der Waals surface area (Å²) in [6.45, 7) is 3.98. The number of nitrogens with zero attached hydrogens (tertiary/aromatic N) is 1. The zero-order valence-corrected chi connectivity index (χ0v) is 6.24. The zero-order chi connectivity index (χ0) is 6.85. The fourth-order valence-corrected chi connectivity index (χ4v) is 0.804. The van der Waals surface area contributed by atoms with Crippen LogP contribution in [0.3, 0.4) is 0 Å². The molecule has 0 saturated heterocycles. The van der Waals surface area contributed by atoms with Gasteiger partial charge in [0.1, 0.15) is 5.15 Å². The van der Waals surface area contributed by atoms with Gasteiger partial charge in [0.25, 0.3) is 0 Å². The Hall–Kier alpha value is -0.560. The van der Waals surface area contributed by atoms with Crippen LogP contribution in [-0.2, 0) is 0 Å². The van der Waals surface area contributed by atoms with Gasteiger partial charge in [0.2, 0.25) is 0 Å². The average Bonchev–Trinajstić information content (AvgIpc) is 1.83. The van der Waals surface area contributed by atoms with Crippen molar-refractivity contribution in [1.29, 1.82) is 0 Å². The van der Waals surface area contributed by atoms with E-state index in [1.165, 1.54) is 5.56 Å². The van der Waals surface area contributed by atoms with Crippen LogP contribution in [0.2, 0.25) is 5.15 Å². The third-order valence-corrected chi connectivity index (χ3v) is 1.79. The van der Waals surface area contributed by atoms with Crippen LogP contribution in [0.25, 0.3) is 0 Å². The highest BCUT2D eigenvalue weighted by Crippen LogP contribution is 2.13. The number of pyridine rings is 1. The standard InChI is InChI=1S/C7H8ClN/c1-5-3-4-9-7(8)6(5)2/h3-4H,1-2H3. The Morgan fingerprint density at radius 1 is 1.44 bits per heavy atom. The van der Waals surface area contributed by atoms with E-state index in [-0.39, 0.29) is 0 Å². The third-order valence-electron chi connectivity index (χ3n) is 1.41. The van der Waals surface area contributed by atoms with E-state index in [0.717, 1.165) is 5.56 Å². The fraction of sp³-hybridized carbons (Fsp3) is 0.286. The van der Waals surface area contributed by atoms with Gasteiger partial charge in [-0.25, -0.2) is 4.98 Å². The lowest BCUT2D eigenvalue weighted by Gasteiger charge is -1.97. The Bertz CT molecular complexity index is 200. The molecule has 0 amide bonds. The smallest absolute Gasteiger partial charge is 0.132 e. The van der Waals surface area contributed by atoms with Crippen LogP contribution in [0.15, 0.2) is 12.3 Å². The molecule has 1 rings (SSSR count). The van der Waals surface area contributed by atoms with E-state index < -0.39 is 0 Å². The molecule has 0 aliphatic heterocycles. The van der Waals surface area contributed by atoms with Crippen molar-refractivity contribution in [2.45, 2.75) is 13.8 Å². The molecule has 0 spiro atoms. The SMILES string of the molecule is Cc1ccnc(Cl)c1C. The van der Waals surface area contributed by atoms with Gasteiger partial charge in [-0.3, -0.25) is 0 Å². The topological polar surface area (TPSA) is 12.9 Å². The molecule has 0 radical (unpaired) electrons. The van der Waals surface area contributed by atoms with E-state index in [1.807, 2.05) is 19.9 Å². The van der Waals surface area contributed by atoms with Gasteiger partial charge in [-0.2, -0.15) is 0 Å². The quantitative estimate of drug-likeness (QED) is 0.506. The molecule has 0 aromatic carbocycles. The van der Waals surface area contributed by atoms with Gasteiger partial charge in [-0.15, -0.1) is 0 Å². The molecular weight excluding hydrogens is 134 g/mol. The minimum absolute atomic E-state index is 0.606. The molecule has 0 unspecified atom stereocenters. The third kappa shape index (κ3) is 1.22. The van der Waals surface area contributed by atoms with Crippen LogP contribution in [-0.4, -0.2) is 4.98 Å². The monoisotopic (exact) mass is 141 g/mol. The highest BCUT2D eigenvalue weighted by molar-refractivity contribution is 6.30. The summed E-state index contributed by atoms with van der Waals surface area (Å²) in [5.74, 6) is 0. The number of rotatable bonds is 0. The van der Waals surface area contributed by atoms with Crippen LogP contribution >= 0.6 is 11.6 Å². The molecule has 2 heteroatoms. The van der Waals surface area contributed by atoms with Crippen molar-refractivity contribution in [1.82, 2.24) is 4.98 Å². The molecule has 0 bridgehead atoms. The molecule has 0 atom stereocenters. The molecule has 0 aliphatic rings. The largest absolute Gasteiger partial charge is 0.244 e. The minimum Gasteiger partial charge on any atom is -0.244 e. The summed E-state index contributed by atoms with van der Waals surface area (Å²) < 4.78 is 0. The molecule has 0 aliphatic carbocycles. The first kappa shape index (κ1) is 6.56. The number of halogens is 1. The highest BCUT2D eigenvalue weighted by atomic mass is 35.5. The Labute approximate surface area is 59.7 Å². The van der Waals surface area contributed by atoms with E-state index >= 15 is 0 Å². The summed E-state index contributed by atoms with van der Waals surface area (Å²) in [7, 11) is 0. The fourth-order valence-electron chi connectivity index (χ4n) is 0.599. The normalized spacial score (nSPS) is 9.67. The van der Waals surface area contributed by atoms with Crippen molar-refractivity contribution < 1.29 is 0 Å². The summed E-state index contributed by atoms with van der Waals surface area (Å²) >= 11 is 5.70. The van der Waals surface area contributed by atoms with Gasteiger partial charge in [-0.05, 0) is 31.0 Å². The van der Waals surface area contributed by atoms with E-state index in [1.54, 1.807) is 6.20 Å². The molecule has 1 heterocycles. The Kier molecular flexibility index (Phi) is 1.72. The first-order chi connectivity index (χ1) is 4.22. The number of hydrogen-bond donors (Lipinski definition) is 0. The molecule has 1 aromatic heterocycles. The number of aromatic nitrogens is 1. The second-order valence-electron chi connectivity index (χ2n) is 2.04. The van der Waals surface area contributed by atoms with E-state index in [0.29, 0.717) is 5.15 Å². The predicted octanol–water partition coefficient (Wildman–Crippen LogP) is 2.35. The zero-order valence-electron chi connectivity index (χ0n) is 5.48. The van der Waals surface area contributed by atoms with E-state index in [4.69, 9.17) is 11.6 Å². The lowest BCUT2D eigenvalue weighted by Crippen LogP contribution is -1.83. The summed E-state index contributed by atoms with van der Waals surface area (Å²) in [4.78, 5) is 3.90. The Morgan fingerprint density at radius 3 is 2.56 bits per heavy atom. The van der Waals surface area contributed by atoms with E-state index in [9.17, 15) is 0 Å². The average molecular weight is 142 g/mol. The number of aryl methyl sites for hydroxylation is 1. The lowest BCUT2D eigenvalue weighted by molar-refractivity contribution is 1.22. The molecule has 1 nitrogen and oxygen atoms in total. The van der Waals surface area contributed by atoms with Crippen molar-refractivity contribution >= 4 is 11.6 Å². The van der Waals surface area contributed by atoms with E-state index in [2.05, 4.69) is 4.98 Å². The first-order valence-corrected chi connectivity index (χ1v) is 3.17. The Morgan fingerprint density at radius 2 is 2.11 bits per heavy atom. The first-order valence-electron chi connectivity index (χ1n) is 2.79. The molecular formula is C7H8ClN. The van der Waals surface area contributed by atoms with Crippen LogP contribution < -0.4 is 0 Å². The summed E-state index contributed by atoms with van der Waals surface area (Å²) in [6, 6.07) is 1.95. The molecule has 0 N–H and O–H groups in total. The molecule has 9 heavy (non-hydrogen) atoms. The molecule has 48 valence electrons. The van der Waals surface area contributed by atoms with Crippen LogP contribution in [0.5, 0.6) is 0 Å². The second-order valence-corrected chi connectivity index (χ2v) is 2.40. The van der Waals surface area contributed by atoms with Crippen molar-refractivity contribution in [3.8, 4) is 0 Å². The molecule has 0 saturated carbocycles. The maximum absolute atomic E-state index is 5.70. The maximum Gasteiger partial charge on any atom is 0.132 e. The van der Waals surface area contributed by atoms with Crippen LogP contribution in [0.1, 0.15) is 11.1 Å². The molecule has 1 aromatic rings.